The van der Waals surface area contributed by atoms with Crippen molar-refractivity contribution in [1.82, 2.24) is 5.43 Å². The van der Waals surface area contributed by atoms with Crippen molar-refractivity contribution < 1.29 is 9.53 Å². The summed E-state index contributed by atoms with van der Waals surface area (Å²) in [6.45, 7) is -0.0628. The van der Waals surface area contributed by atoms with E-state index < -0.39 is 0 Å². The largest absolute Gasteiger partial charge is 0.484 e. The second kappa shape index (κ2) is 7.64. The van der Waals surface area contributed by atoms with Gasteiger partial charge in [-0.15, -0.1) is 0 Å². The van der Waals surface area contributed by atoms with Crippen molar-refractivity contribution in [2.75, 3.05) is 6.61 Å². The normalized spacial score (nSPS) is 10.4. The molecule has 0 bridgehead atoms. The molecule has 2 aromatic rings. The second-order valence-electron chi connectivity index (χ2n) is 3.95. The van der Waals surface area contributed by atoms with E-state index in [4.69, 9.17) is 4.74 Å². The van der Waals surface area contributed by atoms with Gasteiger partial charge in [-0.05, 0) is 52.4 Å². The molecule has 0 heterocycles. The van der Waals surface area contributed by atoms with Crippen LogP contribution in [0.1, 0.15) is 5.56 Å². The third-order valence-corrected chi connectivity index (χ3v) is 3.11. The fraction of sp³-hybridized carbons (Fsp3) is 0.0667. The lowest BCUT2D eigenvalue weighted by atomic mass is 10.2. The van der Waals surface area contributed by atoms with Crippen LogP contribution in [0.3, 0.4) is 0 Å². The Bertz CT molecular complexity index is 583. The number of carbonyl (C=O) groups excluding carboxylic acids is 1. The Morgan fingerprint density at radius 3 is 2.55 bits per heavy atom. The number of benzene rings is 2. The van der Waals surface area contributed by atoms with Gasteiger partial charge in [-0.25, -0.2) is 5.43 Å². The maximum Gasteiger partial charge on any atom is 0.277 e. The standard InChI is InChI=1S/C15H13IN2O2/c16-13-6-8-14(9-7-13)20-11-15(19)18-17-10-12-4-2-1-3-5-12/h1-10H,11H2,(H,18,19). The van der Waals surface area contributed by atoms with Gasteiger partial charge in [0, 0.05) is 3.57 Å². The molecule has 0 aliphatic rings. The monoisotopic (exact) mass is 380 g/mol. The van der Waals surface area contributed by atoms with Crippen LogP contribution in [0.15, 0.2) is 59.7 Å². The highest BCUT2D eigenvalue weighted by Crippen LogP contribution is 2.13. The van der Waals surface area contributed by atoms with Gasteiger partial charge in [-0.3, -0.25) is 4.79 Å². The second-order valence-corrected chi connectivity index (χ2v) is 5.19. The molecule has 0 unspecified atom stereocenters. The molecule has 1 N–H and O–H groups in total. The number of nitrogens with zero attached hydrogens (tertiary/aromatic N) is 1. The van der Waals surface area contributed by atoms with Crippen LogP contribution in [-0.2, 0) is 4.79 Å². The Morgan fingerprint density at radius 1 is 1.15 bits per heavy atom. The molecule has 102 valence electrons. The summed E-state index contributed by atoms with van der Waals surface area (Å²) in [5.74, 6) is 0.364. The maximum absolute atomic E-state index is 11.5. The van der Waals surface area contributed by atoms with Gasteiger partial charge in [-0.1, -0.05) is 30.3 Å². The molecule has 0 aromatic heterocycles. The molecule has 2 rings (SSSR count). The van der Waals surface area contributed by atoms with Gasteiger partial charge in [0.1, 0.15) is 5.75 Å². The van der Waals surface area contributed by atoms with Crippen LogP contribution in [0.5, 0.6) is 5.75 Å². The summed E-state index contributed by atoms with van der Waals surface area (Å²) in [6, 6.07) is 17.0. The Kier molecular flexibility index (Phi) is 5.55. The number of halogens is 1. The van der Waals surface area contributed by atoms with Crippen molar-refractivity contribution >= 4 is 34.7 Å². The SMILES string of the molecule is O=C(COc1ccc(I)cc1)NN=Cc1ccccc1. The summed E-state index contributed by atoms with van der Waals surface area (Å²) in [4.78, 5) is 11.5. The van der Waals surface area contributed by atoms with Crippen LogP contribution < -0.4 is 10.2 Å². The zero-order valence-electron chi connectivity index (χ0n) is 10.6. The van der Waals surface area contributed by atoms with Gasteiger partial charge < -0.3 is 4.74 Å². The van der Waals surface area contributed by atoms with E-state index in [9.17, 15) is 4.79 Å². The lowest BCUT2D eigenvalue weighted by Gasteiger charge is -2.04. The lowest BCUT2D eigenvalue weighted by Crippen LogP contribution is -2.24. The average molecular weight is 380 g/mol. The Hall–Kier alpha value is -1.89. The number of hydrogen-bond acceptors (Lipinski definition) is 3. The van der Waals surface area contributed by atoms with E-state index in [-0.39, 0.29) is 12.5 Å². The van der Waals surface area contributed by atoms with Crippen molar-refractivity contribution in [2.45, 2.75) is 0 Å². The molecule has 0 aliphatic heterocycles. The van der Waals surface area contributed by atoms with Crippen LogP contribution in [-0.4, -0.2) is 18.7 Å². The number of rotatable bonds is 5. The summed E-state index contributed by atoms with van der Waals surface area (Å²) in [5.41, 5.74) is 3.34. The van der Waals surface area contributed by atoms with Crippen LogP contribution in [0.25, 0.3) is 0 Å². The molecule has 0 saturated heterocycles. The van der Waals surface area contributed by atoms with E-state index in [2.05, 4.69) is 33.1 Å². The van der Waals surface area contributed by atoms with Gasteiger partial charge in [0.15, 0.2) is 6.61 Å². The van der Waals surface area contributed by atoms with Crippen LogP contribution in [0.4, 0.5) is 0 Å². The van der Waals surface area contributed by atoms with Crippen molar-refractivity contribution in [3.63, 3.8) is 0 Å². The molecule has 5 heteroatoms. The molecule has 0 radical (unpaired) electrons. The van der Waals surface area contributed by atoms with E-state index in [1.54, 1.807) is 6.21 Å². The Labute approximate surface area is 131 Å². The molecule has 2 aromatic carbocycles. The van der Waals surface area contributed by atoms with Crippen LogP contribution >= 0.6 is 22.6 Å². The average Bonchev–Trinajstić information content (AvgIpc) is 2.48. The highest BCUT2D eigenvalue weighted by Gasteiger charge is 2.00. The number of hydrazone groups is 1. The first-order valence-electron chi connectivity index (χ1n) is 5.99. The minimum atomic E-state index is -0.296. The van der Waals surface area contributed by atoms with Crippen LogP contribution in [0, 0.1) is 3.57 Å². The van der Waals surface area contributed by atoms with Gasteiger partial charge in [0.2, 0.25) is 0 Å². The van der Waals surface area contributed by atoms with Gasteiger partial charge in [0.05, 0.1) is 6.21 Å². The van der Waals surface area contributed by atoms with E-state index in [0.29, 0.717) is 5.75 Å². The number of hydrogen-bond donors (Lipinski definition) is 1. The molecular formula is C15H13IN2O2. The molecular weight excluding hydrogens is 367 g/mol. The third-order valence-electron chi connectivity index (χ3n) is 2.39. The summed E-state index contributed by atoms with van der Waals surface area (Å²) in [6.07, 6.45) is 1.59. The predicted molar refractivity (Wildman–Crippen MR) is 86.8 cm³/mol. The molecule has 4 nitrogen and oxygen atoms in total. The molecule has 20 heavy (non-hydrogen) atoms. The van der Waals surface area contributed by atoms with Crippen molar-refractivity contribution in [2.24, 2.45) is 5.10 Å². The number of amides is 1. The Balaban J connectivity index is 1.76. The molecule has 0 fully saturated rings. The first kappa shape index (κ1) is 14.5. The quantitative estimate of drug-likeness (QED) is 0.493. The minimum Gasteiger partial charge on any atom is -0.484 e. The first-order chi connectivity index (χ1) is 9.74. The number of nitrogens with one attached hydrogen (secondary N) is 1. The maximum atomic E-state index is 11.5. The van der Waals surface area contributed by atoms with Crippen molar-refractivity contribution in [3.8, 4) is 5.75 Å². The van der Waals surface area contributed by atoms with Gasteiger partial charge in [0.25, 0.3) is 5.91 Å². The van der Waals surface area contributed by atoms with Crippen molar-refractivity contribution in [3.05, 3.63) is 63.7 Å². The van der Waals surface area contributed by atoms with E-state index in [1.165, 1.54) is 0 Å². The topological polar surface area (TPSA) is 50.7 Å². The number of ether oxygens (including phenoxy) is 1. The van der Waals surface area contributed by atoms with Crippen LogP contribution in [0.2, 0.25) is 0 Å². The Morgan fingerprint density at radius 2 is 1.85 bits per heavy atom. The summed E-state index contributed by atoms with van der Waals surface area (Å²) in [7, 11) is 0. The van der Waals surface area contributed by atoms with Gasteiger partial charge >= 0.3 is 0 Å². The first-order valence-corrected chi connectivity index (χ1v) is 7.07. The zero-order chi connectivity index (χ0) is 14.2. The zero-order valence-corrected chi connectivity index (χ0v) is 12.8. The van der Waals surface area contributed by atoms with Crippen molar-refractivity contribution in [1.29, 1.82) is 0 Å². The summed E-state index contributed by atoms with van der Waals surface area (Å²) in [5, 5.41) is 3.86. The number of carbonyl (C=O) groups is 1. The van der Waals surface area contributed by atoms with E-state index >= 15 is 0 Å². The lowest BCUT2D eigenvalue weighted by molar-refractivity contribution is -0.123. The highest BCUT2D eigenvalue weighted by molar-refractivity contribution is 14.1. The van der Waals surface area contributed by atoms with Gasteiger partial charge in [-0.2, -0.15) is 5.10 Å². The fourth-order valence-electron chi connectivity index (χ4n) is 1.43. The summed E-state index contributed by atoms with van der Waals surface area (Å²) < 4.78 is 6.45. The smallest absolute Gasteiger partial charge is 0.277 e. The van der Waals surface area contributed by atoms with E-state index in [0.717, 1.165) is 9.13 Å². The summed E-state index contributed by atoms with van der Waals surface area (Å²) >= 11 is 2.21. The molecule has 0 aliphatic carbocycles. The highest BCUT2D eigenvalue weighted by atomic mass is 127. The molecule has 0 spiro atoms. The molecule has 0 atom stereocenters. The minimum absolute atomic E-state index is 0.0628. The molecule has 0 saturated carbocycles. The predicted octanol–water partition coefficient (Wildman–Crippen LogP) is 2.82. The fourth-order valence-corrected chi connectivity index (χ4v) is 1.79. The third kappa shape index (κ3) is 5.00. The molecule has 1 amide bonds. The van der Waals surface area contributed by atoms with E-state index in [1.807, 2.05) is 54.6 Å².